The summed E-state index contributed by atoms with van der Waals surface area (Å²) in [7, 11) is 1.75. The normalized spacial score (nSPS) is 10.7. The van der Waals surface area contributed by atoms with Gasteiger partial charge in [-0.1, -0.05) is 12.1 Å². The van der Waals surface area contributed by atoms with E-state index in [1.165, 1.54) is 0 Å². The van der Waals surface area contributed by atoms with Crippen LogP contribution in [0.2, 0.25) is 0 Å². The number of hydrogen-bond donors (Lipinski definition) is 0. The molecule has 6 nitrogen and oxygen atoms in total. The molecular formula is C19H20BrN3O3. The molecule has 0 N–H and O–H groups in total. The molecule has 0 atom stereocenters. The topological polar surface area (TPSA) is 60.5 Å². The molecule has 0 unspecified atom stereocenters. The first kappa shape index (κ1) is 18.3. The number of halogens is 1. The van der Waals surface area contributed by atoms with Crippen molar-refractivity contribution in [3.63, 3.8) is 0 Å². The Balaban J connectivity index is 1.61. The van der Waals surface area contributed by atoms with Crippen LogP contribution >= 0.6 is 15.9 Å². The van der Waals surface area contributed by atoms with Crippen LogP contribution in [0, 0.1) is 0 Å². The molecule has 26 heavy (non-hydrogen) atoms. The summed E-state index contributed by atoms with van der Waals surface area (Å²) >= 11 is 3.43. The molecule has 0 radical (unpaired) electrons. The van der Waals surface area contributed by atoms with Crippen molar-refractivity contribution in [3.05, 3.63) is 70.3 Å². The lowest BCUT2D eigenvalue weighted by Gasteiger charge is -2.16. The van der Waals surface area contributed by atoms with Crippen LogP contribution in [0.25, 0.3) is 0 Å². The summed E-state index contributed by atoms with van der Waals surface area (Å²) in [6.07, 6.45) is 1.74. The fourth-order valence-corrected chi connectivity index (χ4v) is 2.96. The van der Waals surface area contributed by atoms with Crippen LogP contribution < -0.4 is 4.74 Å². The predicted molar refractivity (Wildman–Crippen MR) is 101 cm³/mol. The van der Waals surface area contributed by atoms with Gasteiger partial charge in [-0.05, 0) is 53.2 Å². The van der Waals surface area contributed by atoms with E-state index in [9.17, 15) is 4.79 Å². The van der Waals surface area contributed by atoms with Crippen LogP contribution in [0.15, 0.2) is 57.6 Å². The lowest BCUT2D eigenvalue weighted by molar-refractivity contribution is 0.0745. The monoisotopic (exact) mass is 417 g/mol. The van der Waals surface area contributed by atoms with Crippen LogP contribution in [0.3, 0.4) is 0 Å². The Morgan fingerprint density at radius 2 is 2.08 bits per heavy atom. The highest BCUT2D eigenvalue weighted by molar-refractivity contribution is 9.10. The van der Waals surface area contributed by atoms with E-state index >= 15 is 0 Å². The molecule has 3 aromatic rings. The van der Waals surface area contributed by atoms with Gasteiger partial charge in [0, 0.05) is 19.8 Å². The van der Waals surface area contributed by atoms with Gasteiger partial charge in [-0.2, -0.15) is 5.10 Å². The first-order valence-corrected chi connectivity index (χ1v) is 9.10. The number of carbonyl (C=O) groups is 1. The number of rotatable bonds is 7. The molecule has 1 amide bonds. The standard InChI is InChI=1S/C19H20BrN3O3/c1-3-23-14(10-11-21-23)12-22(2)19(24)18-9-8-15(26-18)13-25-17-7-5-4-6-16(17)20/h4-11H,3,12-13H2,1-2H3. The first-order valence-electron chi connectivity index (χ1n) is 8.30. The van der Waals surface area contributed by atoms with E-state index in [4.69, 9.17) is 9.15 Å². The molecule has 3 rings (SSSR count). The largest absolute Gasteiger partial charge is 0.484 e. The summed E-state index contributed by atoms with van der Waals surface area (Å²) in [5.74, 6) is 1.43. The van der Waals surface area contributed by atoms with Crippen molar-refractivity contribution in [2.45, 2.75) is 26.6 Å². The Labute approximate surface area is 160 Å². The lowest BCUT2D eigenvalue weighted by Crippen LogP contribution is -2.27. The number of hydrogen-bond acceptors (Lipinski definition) is 4. The third kappa shape index (κ3) is 4.16. The van der Waals surface area contributed by atoms with E-state index in [1.54, 1.807) is 30.3 Å². The number of amides is 1. The second-order valence-corrected chi connectivity index (χ2v) is 6.64. The molecular weight excluding hydrogens is 398 g/mol. The number of carbonyl (C=O) groups excluding carboxylic acids is 1. The van der Waals surface area contributed by atoms with Crippen molar-refractivity contribution in [2.24, 2.45) is 0 Å². The van der Waals surface area contributed by atoms with Crippen molar-refractivity contribution in [2.75, 3.05) is 7.05 Å². The Bertz CT molecular complexity index is 888. The van der Waals surface area contributed by atoms with Crippen LogP contribution in [0.4, 0.5) is 0 Å². The summed E-state index contributed by atoms with van der Waals surface area (Å²) in [6, 6.07) is 12.9. The van der Waals surface area contributed by atoms with Crippen molar-refractivity contribution >= 4 is 21.8 Å². The van der Waals surface area contributed by atoms with E-state index in [2.05, 4.69) is 21.0 Å². The van der Waals surface area contributed by atoms with E-state index in [0.29, 0.717) is 18.1 Å². The van der Waals surface area contributed by atoms with Gasteiger partial charge in [-0.3, -0.25) is 9.48 Å². The molecule has 0 saturated carbocycles. The minimum atomic E-state index is -0.180. The van der Waals surface area contributed by atoms with Crippen LogP contribution in [0.5, 0.6) is 5.75 Å². The Morgan fingerprint density at radius 3 is 2.85 bits per heavy atom. The van der Waals surface area contributed by atoms with Gasteiger partial charge in [0.1, 0.15) is 18.1 Å². The van der Waals surface area contributed by atoms with Gasteiger partial charge in [0.25, 0.3) is 5.91 Å². The van der Waals surface area contributed by atoms with E-state index < -0.39 is 0 Å². The molecule has 7 heteroatoms. The highest BCUT2D eigenvalue weighted by atomic mass is 79.9. The van der Waals surface area contributed by atoms with E-state index in [0.717, 1.165) is 22.5 Å². The minimum absolute atomic E-state index is 0.180. The van der Waals surface area contributed by atoms with Crippen LogP contribution in [0.1, 0.15) is 28.9 Å². The number of para-hydroxylation sites is 1. The number of ether oxygens (including phenoxy) is 1. The molecule has 0 aliphatic carbocycles. The SMILES string of the molecule is CCn1nccc1CN(C)C(=O)c1ccc(COc2ccccc2Br)o1. The Kier molecular flexibility index (Phi) is 5.78. The zero-order chi connectivity index (χ0) is 18.5. The maximum absolute atomic E-state index is 12.6. The smallest absolute Gasteiger partial charge is 0.289 e. The second kappa shape index (κ2) is 8.23. The molecule has 0 fully saturated rings. The number of aromatic nitrogens is 2. The Morgan fingerprint density at radius 1 is 1.27 bits per heavy atom. The van der Waals surface area contributed by atoms with Crippen molar-refractivity contribution in [1.29, 1.82) is 0 Å². The van der Waals surface area contributed by atoms with E-state index in [-0.39, 0.29) is 12.5 Å². The van der Waals surface area contributed by atoms with Crippen LogP contribution in [-0.2, 0) is 19.7 Å². The first-order chi connectivity index (χ1) is 12.6. The van der Waals surface area contributed by atoms with Crippen molar-refractivity contribution in [3.8, 4) is 5.75 Å². The highest BCUT2D eigenvalue weighted by Gasteiger charge is 2.18. The molecule has 2 aromatic heterocycles. The quantitative estimate of drug-likeness (QED) is 0.580. The average molecular weight is 418 g/mol. The van der Waals surface area contributed by atoms with Gasteiger partial charge < -0.3 is 14.1 Å². The molecule has 2 heterocycles. The van der Waals surface area contributed by atoms with Gasteiger partial charge in [0.2, 0.25) is 0 Å². The number of benzene rings is 1. The molecule has 0 spiro atoms. The summed E-state index contributed by atoms with van der Waals surface area (Å²) < 4.78 is 14.1. The average Bonchev–Trinajstić information content (AvgIpc) is 3.29. The molecule has 0 aliphatic rings. The minimum Gasteiger partial charge on any atom is -0.484 e. The third-order valence-corrected chi connectivity index (χ3v) is 4.58. The lowest BCUT2D eigenvalue weighted by atomic mass is 10.3. The molecule has 1 aromatic carbocycles. The fraction of sp³-hybridized carbons (Fsp3) is 0.263. The summed E-state index contributed by atoms with van der Waals surface area (Å²) in [5.41, 5.74) is 0.979. The summed E-state index contributed by atoms with van der Waals surface area (Å²) in [6.45, 7) is 3.50. The van der Waals surface area contributed by atoms with Crippen molar-refractivity contribution in [1.82, 2.24) is 14.7 Å². The Hall–Kier alpha value is -2.54. The predicted octanol–water partition coefficient (Wildman–Crippen LogP) is 4.11. The molecule has 0 bridgehead atoms. The van der Waals surface area contributed by atoms with E-state index in [1.807, 2.05) is 41.9 Å². The maximum Gasteiger partial charge on any atom is 0.289 e. The highest BCUT2D eigenvalue weighted by Crippen LogP contribution is 2.25. The number of furan rings is 1. The van der Waals surface area contributed by atoms with Gasteiger partial charge in [-0.15, -0.1) is 0 Å². The maximum atomic E-state index is 12.6. The van der Waals surface area contributed by atoms with Crippen LogP contribution in [-0.4, -0.2) is 27.6 Å². The van der Waals surface area contributed by atoms with Gasteiger partial charge in [0.05, 0.1) is 16.7 Å². The van der Waals surface area contributed by atoms with Gasteiger partial charge >= 0.3 is 0 Å². The number of nitrogens with zero attached hydrogens (tertiary/aromatic N) is 3. The summed E-state index contributed by atoms with van der Waals surface area (Å²) in [4.78, 5) is 14.2. The zero-order valence-electron chi connectivity index (χ0n) is 14.7. The third-order valence-electron chi connectivity index (χ3n) is 3.93. The summed E-state index contributed by atoms with van der Waals surface area (Å²) in [5, 5.41) is 4.22. The van der Waals surface area contributed by atoms with Gasteiger partial charge in [0.15, 0.2) is 5.76 Å². The second-order valence-electron chi connectivity index (χ2n) is 5.78. The van der Waals surface area contributed by atoms with Crippen molar-refractivity contribution < 1.29 is 13.9 Å². The fourth-order valence-electron chi connectivity index (χ4n) is 2.56. The zero-order valence-corrected chi connectivity index (χ0v) is 16.3. The molecule has 0 saturated heterocycles. The molecule has 136 valence electrons. The number of aryl methyl sites for hydroxylation is 1. The van der Waals surface area contributed by atoms with Gasteiger partial charge in [-0.25, -0.2) is 0 Å². The molecule has 0 aliphatic heterocycles.